The van der Waals surface area contributed by atoms with Crippen molar-refractivity contribution in [3.63, 3.8) is 0 Å². The first-order chi connectivity index (χ1) is 25.4. The van der Waals surface area contributed by atoms with Crippen LogP contribution in [0.2, 0.25) is 0 Å². The smallest absolute Gasteiger partial charge is 0.420 e. The number of hydrogen-bond acceptors (Lipinski definition) is 6. The van der Waals surface area contributed by atoms with Crippen LogP contribution >= 0.6 is 0 Å². The molecule has 53 heavy (non-hydrogen) atoms. The Morgan fingerprint density at radius 3 is 0.887 bits per heavy atom. The fraction of sp³-hybridized carbons (Fsp3) is 0. The molecule has 0 spiro atoms. The van der Waals surface area contributed by atoms with E-state index in [1.807, 2.05) is 91.0 Å². The van der Waals surface area contributed by atoms with Crippen LogP contribution in [-0.4, -0.2) is 19.9 Å². The van der Waals surface area contributed by atoms with Gasteiger partial charge in [0.1, 0.15) is 0 Å². The van der Waals surface area contributed by atoms with Gasteiger partial charge >= 0.3 is 17.1 Å². The molecule has 262 valence electrons. The van der Waals surface area contributed by atoms with Crippen molar-refractivity contribution in [2.24, 2.45) is 0 Å². The number of hydrogen-bond donors (Lipinski definition) is 6. The number of para-hydroxylation sites is 4. The molecule has 0 atom stereocenters. The molecular weight excluding hydrogens is 696 g/mol. The van der Waals surface area contributed by atoms with Gasteiger partial charge in [-0.2, -0.15) is 97.1 Å². The predicted molar refractivity (Wildman–Crippen MR) is 218 cm³/mol. The normalized spacial score (nSPS) is 10.3. The minimum atomic E-state index is 0. The maximum atomic E-state index is 5.30. The van der Waals surface area contributed by atoms with Gasteiger partial charge < -0.3 is 32.9 Å². The summed E-state index contributed by atoms with van der Waals surface area (Å²) in [7, 11) is 0. The van der Waals surface area contributed by atoms with Crippen molar-refractivity contribution in [3.8, 4) is 0 Å². The minimum absolute atomic E-state index is 0. The molecule has 8 nitrogen and oxygen atoms in total. The van der Waals surface area contributed by atoms with Crippen molar-refractivity contribution < 1.29 is 17.1 Å². The van der Waals surface area contributed by atoms with Gasteiger partial charge in [0.15, 0.2) is 0 Å². The van der Waals surface area contributed by atoms with Crippen LogP contribution in [0, 0.1) is 24.3 Å². The fourth-order valence-electron chi connectivity index (χ4n) is 4.57. The third-order valence-electron chi connectivity index (χ3n) is 6.97. The third-order valence-corrected chi connectivity index (χ3v) is 6.97. The van der Waals surface area contributed by atoms with Crippen LogP contribution < -0.4 is 22.9 Å². The monoisotopic (exact) mass is 734 g/mol. The van der Waals surface area contributed by atoms with E-state index in [0.29, 0.717) is 22.7 Å². The van der Waals surface area contributed by atoms with Crippen LogP contribution in [0.25, 0.3) is 46.4 Å². The van der Waals surface area contributed by atoms with Crippen LogP contribution in [0.3, 0.4) is 0 Å². The van der Waals surface area contributed by atoms with E-state index in [2.05, 4.69) is 74.5 Å². The molecule has 9 rings (SSSR count). The number of benzene rings is 4. The third kappa shape index (κ3) is 14.2. The molecular formula is C44H38FeN8. The second-order valence-corrected chi connectivity index (χ2v) is 11.2. The summed E-state index contributed by atoms with van der Waals surface area (Å²) in [6.45, 7) is 0. The Morgan fingerprint density at radius 1 is 0.358 bits per heavy atom. The summed E-state index contributed by atoms with van der Waals surface area (Å²) in [5.74, 6) is 0. The van der Waals surface area contributed by atoms with E-state index in [4.69, 9.17) is 22.9 Å². The van der Waals surface area contributed by atoms with Crippen LogP contribution in [0.15, 0.2) is 146 Å². The number of aromatic nitrogens is 4. The zero-order chi connectivity index (χ0) is 36.4. The number of nitrogens with zero attached hydrogens (tertiary/aromatic N) is 2. The van der Waals surface area contributed by atoms with Crippen molar-refractivity contribution in [2.45, 2.75) is 0 Å². The fourth-order valence-corrected chi connectivity index (χ4v) is 4.57. The Balaban J connectivity index is 0.000000176. The van der Waals surface area contributed by atoms with Crippen LogP contribution in [0.1, 0.15) is 22.8 Å². The summed E-state index contributed by atoms with van der Waals surface area (Å²) in [5.41, 5.74) is 31.9. The van der Waals surface area contributed by atoms with E-state index in [1.54, 1.807) is 48.5 Å². The Bertz CT molecular complexity index is 2100. The molecule has 2 aliphatic rings. The Labute approximate surface area is 320 Å². The maximum Gasteiger partial charge on any atom is 4.00 e. The Hall–Kier alpha value is -6.80. The maximum absolute atomic E-state index is 5.30. The number of anilines is 4. The molecule has 7 aromatic rings. The minimum Gasteiger partial charge on any atom is -0.420 e. The largest absolute Gasteiger partial charge is 4.00 e. The molecule has 0 unspecified atom stereocenters. The summed E-state index contributed by atoms with van der Waals surface area (Å²) in [4.78, 5) is 16.0. The first-order valence-electron chi connectivity index (χ1n) is 16.3. The van der Waals surface area contributed by atoms with Crippen molar-refractivity contribution >= 4 is 69.1 Å². The average molecular weight is 735 g/mol. The van der Waals surface area contributed by atoms with Gasteiger partial charge in [-0.3, -0.25) is 0 Å². The van der Waals surface area contributed by atoms with Gasteiger partial charge in [-0.1, -0.05) is 22.7 Å². The van der Waals surface area contributed by atoms with E-state index in [0.717, 1.165) is 44.8 Å². The van der Waals surface area contributed by atoms with E-state index in [1.165, 1.54) is 0 Å². The van der Waals surface area contributed by atoms with Crippen LogP contribution in [-0.2, 0) is 17.1 Å². The van der Waals surface area contributed by atoms with Crippen LogP contribution in [0.5, 0.6) is 0 Å². The summed E-state index contributed by atoms with van der Waals surface area (Å²) in [5, 5.41) is 0. The summed E-state index contributed by atoms with van der Waals surface area (Å²) < 4.78 is 0. The molecule has 0 saturated carbocycles. The van der Waals surface area contributed by atoms with Crippen LogP contribution in [0.4, 0.5) is 22.7 Å². The molecule has 2 aliphatic heterocycles. The van der Waals surface area contributed by atoms with Gasteiger partial charge in [0.05, 0.1) is 22.8 Å². The first-order valence-corrected chi connectivity index (χ1v) is 16.3. The molecule has 9 heteroatoms. The molecule has 0 aliphatic carbocycles. The predicted octanol–water partition coefficient (Wildman–Crippen LogP) is 8.93. The average Bonchev–Trinajstić information content (AvgIpc) is 3.98. The van der Waals surface area contributed by atoms with E-state index in [9.17, 15) is 0 Å². The molecule has 5 heterocycles. The molecule has 0 amide bonds. The number of nitrogen functional groups attached to an aromatic ring is 4. The molecule has 4 aromatic carbocycles. The van der Waals surface area contributed by atoms with Gasteiger partial charge in [0.2, 0.25) is 0 Å². The number of H-pyrrole nitrogens is 2. The van der Waals surface area contributed by atoms with Gasteiger partial charge in [0, 0.05) is 22.1 Å². The van der Waals surface area contributed by atoms with Crippen molar-refractivity contribution in [1.29, 1.82) is 0 Å². The molecule has 0 fully saturated rings. The van der Waals surface area contributed by atoms with E-state index in [-0.39, 0.29) is 17.1 Å². The van der Waals surface area contributed by atoms with E-state index < -0.39 is 0 Å². The zero-order valence-corrected chi connectivity index (χ0v) is 29.8. The van der Waals surface area contributed by atoms with Crippen molar-refractivity contribution in [3.05, 3.63) is 193 Å². The summed E-state index contributed by atoms with van der Waals surface area (Å²) in [6, 6.07) is 57.1. The first kappa shape index (κ1) is 39.0. The zero-order valence-electron chi connectivity index (χ0n) is 28.7. The number of aromatic amines is 2. The number of nitrogens with two attached hydrogens (primary N) is 4. The standard InChI is InChI=1S/C20H14N4.4C6H6N.Fe/c1-2-14-10-16-5-6-18(23-16)12-20-8-7-19(24-20)11-17-4-3-15(22-17)9-13(1)21-14;4*7-6-4-2-1-3-5-6;/h1-12,21-22H;4*1-4H,7H2;/q;4*-1;+4. The number of rotatable bonds is 0. The molecule has 8 bridgehead atoms. The van der Waals surface area contributed by atoms with Gasteiger partial charge in [0.25, 0.3) is 0 Å². The molecule has 0 saturated heterocycles. The van der Waals surface area contributed by atoms with Gasteiger partial charge in [-0.25, -0.2) is 9.97 Å². The molecule has 0 radical (unpaired) electrons. The molecule has 3 aromatic heterocycles. The van der Waals surface area contributed by atoms with Gasteiger partial charge in [-0.05, 0) is 72.8 Å². The Morgan fingerprint density at radius 2 is 0.642 bits per heavy atom. The Kier molecular flexibility index (Phi) is 15.3. The second-order valence-electron chi connectivity index (χ2n) is 11.2. The van der Waals surface area contributed by atoms with Crippen molar-refractivity contribution in [2.75, 3.05) is 22.9 Å². The summed E-state index contributed by atoms with van der Waals surface area (Å²) in [6.07, 6.45) is 8.05. The number of fused-ring (bicyclic) bond motifs is 8. The SMILES string of the molecule is C1=Cc2cc3ccc(cc4ccc(cc5nc(cc1n2)C=C5)[nH]4)[nH]3.Nc1[c-]cccc1.Nc1[c-]cccc1.Nc1[c-]cccc1.Nc1[c-]cccc1.[Fe+4]. The van der Waals surface area contributed by atoms with Gasteiger partial charge in [-0.15, -0.1) is 24.3 Å². The van der Waals surface area contributed by atoms with E-state index >= 15 is 0 Å². The quantitative estimate of drug-likeness (QED) is 0.0518. The number of nitrogens with one attached hydrogen (secondary N) is 2. The van der Waals surface area contributed by atoms with Crippen molar-refractivity contribution in [1.82, 2.24) is 19.9 Å². The second kappa shape index (κ2) is 20.8. The summed E-state index contributed by atoms with van der Waals surface area (Å²) >= 11 is 0. The topological polar surface area (TPSA) is 161 Å². The molecule has 10 N–H and O–H groups in total.